The van der Waals surface area contributed by atoms with Gasteiger partial charge in [0.2, 0.25) is 21.7 Å². The van der Waals surface area contributed by atoms with Crippen molar-refractivity contribution in [3.05, 3.63) is 53.5 Å². The van der Waals surface area contributed by atoms with E-state index in [0.717, 1.165) is 23.8 Å². The minimum atomic E-state index is -3.67. The first-order valence-corrected chi connectivity index (χ1v) is 10.5. The third-order valence-corrected chi connectivity index (χ3v) is 6.00. The number of halogens is 1. The molecule has 138 valence electrons. The van der Waals surface area contributed by atoms with Crippen molar-refractivity contribution in [3.8, 4) is 10.7 Å². The van der Waals surface area contributed by atoms with Gasteiger partial charge in [0.15, 0.2) is 0 Å². The van der Waals surface area contributed by atoms with Crippen LogP contribution in [-0.2, 0) is 16.4 Å². The fraction of sp³-hybridized carbons (Fsp3) is 0.294. The van der Waals surface area contributed by atoms with Gasteiger partial charge in [-0.05, 0) is 42.5 Å². The predicted octanol–water partition coefficient (Wildman–Crippen LogP) is 3.63. The lowest BCUT2D eigenvalue weighted by Crippen LogP contribution is -2.24. The van der Waals surface area contributed by atoms with Crippen LogP contribution in [0.5, 0.6) is 0 Å². The summed E-state index contributed by atoms with van der Waals surface area (Å²) in [5, 5.41) is 5.90. The number of rotatable bonds is 9. The van der Waals surface area contributed by atoms with E-state index in [1.54, 1.807) is 11.3 Å². The Hall–Kier alpha value is -2.10. The number of hydrogen-bond acceptors (Lipinski definition) is 6. The molecule has 26 heavy (non-hydrogen) atoms. The molecule has 0 radical (unpaired) electrons. The van der Waals surface area contributed by atoms with Crippen molar-refractivity contribution in [2.45, 2.75) is 30.6 Å². The minimum Gasteiger partial charge on any atom is -0.339 e. The summed E-state index contributed by atoms with van der Waals surface area (Å²) in [6, 6.07) is 8.82. The molecule has 0 atom stereocenters. The van der Waals surface area contributed by atoms with Crippen molar-refractivity contribution >= 4 is 21.4 Å². The molecule has 0 spiro atoms. The Bertz CT molecular complexity index is 940. The van der Waals surface area contributed by atoms with Gasteiger partial charge in [-0.3, -0.25) is 0 Å². The zero-order valence-electron chi connectivity index (χ0n) is 13.9. The molecule has 0 saturated carbocycles. The van der Waals surface area contributed by atoms with Crippen LogP contribution in [0, 0.1) is 5.82 Å². The number of sulfonamides is 1. The van der Waals surface area contributed by atoms with E-state index in [0.29, 0.717) is 31.1 Å². The SMILES string of the molecule is O=S(=O)(NCCCCCc1nc(-c2cccs2)no1)c1cccc(F)c1. The molecule has 0 aliphatic rings. The van der Waals surface area contributed by atoms with Gasteiger partial charge in [-0.1, -0.05) is 23.7 Å². The number of unbranched alkanes of at least 4 members (excludes halogenated alkanes) is 2. The van der Waals surface area contributed by atoms with Gasteiger partial charge in [0.1, 0.15) is 5.82 Å². The van der Waals surface area contributed by atoms with E-state index < -0.39 is 15.8 Å². The van der Waals surface area contributed by atoms with Crippen molar-refractivity contribution in [1.29, 1.82) is 0 Å². The maximum absolute atomic E-state index is 13.1. The molecule has 0 aliphatic carbocycles. The number of benzene rings is 1. The Morgan fingerprint density at radius 1 is 1.15 bits per heavy atom. The van der Waals surface area contributed by atoms with Crippen LogP contribution in [0.2, 0.25) is 0 Å². The lowest BCUT2D eigenvalue weighted by Gasteiger charge is -2.06. The standard InChI is InChI=1S/C17H18FN3O3S2/c18-13-6-4-7-14(12-13)26(22,23)19-10-3-1-2-9-16-20-17(21-24-16)15-8-5-11-25-15/h4-8,11-12,19H,1-3,9-10H2. The van der Waals surface area contributed by atoms with E-state index in [-0.39, 0.29) is 4.90 Å². The van der Waals surface area contributed by atoms with E-state index in [1.807, 2.05) is 17.5 Å². The summed E-state index contributed by atoms with van der Waals surface area (Å²) >= 11 is 1.55. The number of nitrogens with one attached hydrogen (secondary N) is 1. The maximum atomic E-state index is 13.1. The fourth-order valence-electron chi connectivity index (χ4n) is 2.36. The molecule has 1 aromatic carbocycles. The molecule has 1 N–H and O–H groups in total. The van der Waals surface area contributed by atoms with Crippen molar-refractivity contribution in [2.24, 2.45) is 0 Å². The Morgan fingerprint density at radius 3 is 2.81 bits per heavy atom. The number of nitrogens with zero attached hydrogens (tertiary/aromatic N) is 2. The summed E-state index contributed by atoms with van der Waals surface area (Å²) in [4.78, 5) is 5.24. The van der Waals surface area contributed by atoms with Crippen LogP contribution < -0.4 is 4.72 Å². The van der Waals surface area contributed by atoms with Gasteiger partial charge in [0, 0.05) is 13.0 Å². The van der Waals surface area contributed by atoms with Gasteiger partial charge in [-0.15, -0.1) is 11.3 Å². The first kappa shape index (κ1) is 18.7. The summed E-state index contributed by atoms with van der Waals surface area (Å²) < 4.78 is 44.9. The predicted molar refractivity (Wildman–Crippen MR) is 96.8 cm³/mol. The van der Waals surface area contributed by atoms with Gasteiger partial charge in [-0.2, -0.15) is 4.98 Å². The van der Waals surface area contributed by atoms with Crippen LogP contribution in [0.25, 0.3) is 10.7 Å². The highest BCUT2D eigenvalue weighted by molar-refractivity contribution is 7.89. The first-order chi connectivity index (χ1) is 12.5. The Morgan fingerprint density at radius 2 is 2.04 bits per heavy atom. The van der Waals surface area contributed by atoms with E-state index >= 15 is 0 Å². The molecule has 3 rings (SSSR count). The van der Waals surface area contributed by atoms with Gasteiger partial charge < -0.3 is 4.52 Å². The quantitative estimate of drug-likeness (QED) is 0.559. The summed E-state index contributed by atoms with van der Waals surface area (Å²) in [5.74, 6) is 0.598. The average molecular weight is 395 g/mol. The second kappa shape index (κ2) is 8.52. The van der Waals surface area contributed by atoms with Crippen LogP contribution in [-0.4, -0.2) is 25.1 Å². The van der Waals surface area contributed by atoms with E-state index in [2.05, 4.69) is 14.9 Å². The van der Waals surface area contributed by atoms with Crippen molar-refractivity contribution < 1.29 is 17.3 Å². The maximum Gasteiger partial charge on any atom is 0.240 e. The second-order valence-electron chi connectivity index (χ2n) is 5.65. The molecule has 2 aromatic heterocycles. The molecular weight excluding hydrogens is 377 g/mol. The van der Waals surface area contributed by atoms with Gasteiger partial charge in [0.05, 0.1) is 9.77 Å². The molecule has 0 fully saturated rings. The smallest absolute Gasteiger partial charge is 0.240 e. The molecule has 0 saturated heterocycles. The highest BCUT2D eigenvalue weighted by Crippen LogP contribution is 2.21. The number of aromatic nitrogens is 2. The Kier molecular flexibility index (Phi) is 6.12. The molecular formula is C17H18FN3O3S2. The Balaban J connectivity index is 1.38. The van der Waals surface area contributed by atoms with Gasteiger partial charge in [0.25, 0.3) is 0 Å². The molecule has 0 unspecified atom stereocenters. The lowest BCUT2D eigenvalue weighted by atomic mass is 10.2. The average Bonchev–Trinajstić information content (AvgIpc) is 3.29. The highest BCUT2D eigenvalue weighted by Gasteiger charge is 2.14. The van der Waals surface area contributed by atoms with Crippen LogP contribution >= 0.6 is 11.3 Å². The third-order valence-electron chi connectivity index (χ3n) is 3.68. The fourth-order valence-corrected chi connectivity index (χ4v) is 4.12. The topological polar surface area (TPSA) is 85.1 Å². The zero-order chi connectivity index (χ0) is 18.4. The molecule has 3 aromatic rings. The van der Waals surface area contributed by atoms with Gasteiger partial charge in [-0.25, -0.2) is 17.5 Å². The molecule has 0 bridgehead atoms. The minimum absolute atomic E-state index is 0.0653. The number of hydrogen-bond donors (Lipinski definition) is 1. The largest absolute Gasteiger partial charge is 0.339 e. The van der Waals surface area contributed by atoms with Crippen molar-refractivity contribution in [2.75, 3.05) is 6.54 Å². The summed E-state index contributed by atoms with van der Waals surface area (Å²) in [5.41, 5.74) is 0. The molecule has 0 aliphatic heterocycles. The van der Waals surface area contributed by atoms with E-state index in [1.165, 1.54) is 18.2 Å². The van der Waals surface area contributed by atoms with E-state index in [9.17, 15) is 12.8 Å². The van der Waals surface area contributed by atoms with Gasteiger partial charge >= 0.3 is 0 Å². The first-order valence-electron chi connectivity index (χ1n) is 8.16. The second-order valence-corrected chi connectivity index (χ2v) is 8.37. The summed E-state index contributed by atoms with van der Waals surface area (Å²) in [6.45, 7) is 0.295. The summed E-state index contributed by atoms with van der Waals surface area (Å²) in [6.07, 6.45) is 2.94. The van der Waals surface area contributed by atoms with Crippen LogP contribution in [0.3, 0.4) is 0 Å². The molecule has 6 nitrogen and oxygen atoms in total. The van der Waals surface area contributed by atoms with Crippen LogP contribution in [0.4, 0.5) is 4.39 Å². The number of aryl methyl sites for hydroxylation is 1. The zero-order valence-corrected chi connectivity index (χ0v) is 15.5. The summed E-state index contributed by atoms with van der Waals surface area (Å²) in [7, 11) is -3.67. The Labute approximate surface area is 155 Å². The van der Waals surface area contributed by atoms with Crippen molar-refractivity contribution in [1.82, 2.24) is 14.9 Å². The van der Waals surface area contributed by atoms with Crippen molar-refractivity contribution in [3.63, 3.8) is 0 Å². The number of thiophene rings is 1. The third kappa shape index (κ3) is 4.96. The molecule has 0 amide bonds. The van der Waals surface area contributed by atoms with Crippen LogP contribution in [0.15, 0.2) is 51.2 Å². The normalized spacial score (nSPS) is 11.7. The highest BCUT2D eigenvalue weighted by atomic mass is 32.2. The lowest BCUT2D eigenvalue weighted by molar-refractivity contribution is 0.374. The van der Waals surface area contributed by atoms with Crippen LogP contribution in [0.1, 0.15) is 25.2 Å². The van der Waals surface area contributed by atoms with E-state index in [4.69, 9.17) is 4.52 Å². The monoisotopic (exact) mass is 395 g/mol. The molecule has 9 heteroatoms. The molecule has 2 heterocycles.